The van der Waals surface area contributed by atoms with Gasteiger partial charge >= 0.3 is 231 Å². The van der Waals surface area contributed by atoms with Gasteiger partial charge in [-0.05, 0) is 0 Å². The minimum absolute atomic E-state index is 0.310. The molecule has 0 radical (unpaired) electrons. The van der Waals surface area contributed by atoms with Crippen LogP contribution in [0.3, 0.4) is 0 Å². The van der Waals surface area contributed by atoms with E-state index in [-0.39, 0.29) is 12.6 Å². The number of ether oxygens (including phenoxy) is 4. The molecule has 192 valence electrons. The van der Waals surface area contributed by atoms with Crippen LogP contribution in [-0.2, 0) is 9.47 Å². The van der Waals surface area contributed by atoms with Gasteiger partial charge in [0.15, 0.2) is 0 Å². The number of hydrogen-bond donors (Lipinski definition) is 0. The van der Waals surface area contributed by atoms with Crippen LogP contribution in [0.15, 0.2) is 97.1 Å². The molecule has 4 aromatic carbocycles. The summed E-state index contributed by atoms with van der Waals surface area (Å²) in [4.78, 5) is 0. The Hall–Kier alpha value is -2.81. The summed E-state index contributed by atoms with van der Waals surface area (Å²) in [6.07, 6.45) is -0.621. The molecule has 0 saturated carbocycles. The molecule has 0 heterocycles. The molecule has 5 heteroatoms. The zero-order chi connectivity index (χ0) is 26.0. The van der Waals surface area contributed by atoms with E-state index in [2.05, 4.69) is 84.9 Å². The molecule has 0 bridgehead atoms. The van der Waals surface area contributed by atoms with Crippen molar-refractivity contribution in [2.75, 3.05) is 13.2 Å². The van der Waals surface area contributed by atoms with Gasteiger partial charge in [0.05, 0.1) is 0 Å². The van der Waals surface area contributed by atoms with Crippen molar-refractivity contribution in [3.05, 3.63) is 97.1 Å². The molecule has 0 aliphatic carbocycles. The average molecular weight is 610 g/mol. The van der Waals surface area contributed by atoms with E-state index < -0.39 is 20.9 Å². The summed E-state index contributed by atoms with van der Waals surface area (Å²) in [6.45, 7) is 9.04. The van der Waals surface area contributed by atoms with Crippen molar-refractivity contribution in [2.24, 2.45) is 0 Å². The fourth-order valence-corrected chi connectivity index (χ4v) is 6.63. The first kappa shape index (κ1) is 27.2. The molecule has 4 rings (SSSR count). The van der Waals surface area contributed by atoms with E-state index in [4.69, 9.17) is 18.9 Å². The summed E-state index contributed by atoms with van der Waals surface area (Å²) < 4.78 is 26.3. The van der Waals surface area contributed by atoms with Gasteiger partial charge in [-0.25, -0.2) is 0 Å². The first-order chi connectivity index (χ1) is 18.1. The Morgan fingerprint density at radius 1 is 0.568 bits per heavy atom. The summed E-state index contributed by atoms with van der Waals surface area (Å²) in [6, 6.07) is 33.9. The van der Waals surface area contributed by atoms with Crippen molar-refractivity contribution < 1.29 is 18.9 Å². The van der Waals surface area contributed by atoms with Gasteiger partial charge in [0.1, 0.15) is 0 Å². The van der Waals surface area contributed by atoms with Crippen LogP contribution in [0.1, 0.15) is 27.7 Å². The van der Waals surface area contributed by atoms with Gasteiger partial charge in [0.25, 0.3) is 0 Å². The number of rotatable bonds is 12. The Bertz CT molecular complexity index is 1160. The second-order valence-electron chi connectivity index (χ2n) is 8.43. The molecule has 0 fully saturated rings. The predicted octanol–water partition coefficient (Wildman–Crippen LogP) is 6.20. The monoisotopic (exact) mass is 612 g/mol. The van der Waals surface area contributed by atoms with Crippen LogP contribution in [-0.4, -0.2) is 46.7 Å². The van der Waals surface area contributed by atoms with E-state index in [0.29, 0.717) is 13.2 Å². The molecule has 0 saturated heterocycles. The molecule has 0 aliphatic rings. The van der Waals surface area contributed by atoms with Gasteiger partial charge in [0.2, 0.25) is 0 Å². The Labute approximate surface area is 230 Å². The molecule has 0 amide bonds. The van der Waals surface area contributed by atoms with E-state index in [9.17, 15) is 0 Å². The van der Waals surface area contributed by atoms with Gasteiger partial charge in [-0.15, -0.1) is 0 Å². The summed E-state index contributed by atoms with van der Waals surface area (Å²) in [7, 11) is 0. The zero-order valence-corrected chi connectivity index (χ0v) is 24.2. The van der Waals surface area contributed by atoms with Crippen LogP contribution in [0, 0.1) is 0 Å². The van der Waals surface area contributed by atoms with Gasteiger partial charge < -0.3 is 0 Å². The second kappa shape index (κ2) is 13.7. The van der Waals surface area contributed by atoms with E-state index in [0.717, 1.165) is 33.8 Å². The molecule has 2 atom stereocenters. The third-order valence-corrected chi connectivity index (χ3v) is 8.49. The molecule has 0 spiro atoms. The Morgan fingerprint density at radius 2 is 0.973 bits per heavy atom. The molecular weight excluding hydrogens is 576 g/mol. The molecular formula is C32H34O4Te. The molecule has 4 nitrogen and oxygen atoms in total. The Morgan fingerprint density at radius 3 is 1.35 bits per heavy atom. The van der Waals surface area contributed by atoms with Crippen LogP contribution < -0.4 is 16.7 Å². The van der Waals surface area contributed by atoms with Crippen molar-refractivity contribution in [3.63, 3.8) is 0 Å². The quantitative estimate of drug-likeness (QED) is 0.142. The van der Waals surface area contributed by atoms with Crippen molar-refractivity contribution >= 4 is 28.1 Å². The van der Waals surface area contributed by atoms with Crippen molar-refractivity contribution in [1.29, 1.82) is 0 Å². The Kier molecular flexibility index (Phi) is 10.0. The summed E-state index contributed by atoms with van der Waals surface area (Å²) in [5.41, 5.74) is 4.44. The molecule has 4 aromatic rings. The van der Waals surface area contributed by atoms with Crippen molar-refractivity contribution in [1.82, 2.24) is 0 Å². The topological polar surface area (TPSA) is 36.9 Å². The van der Waals surface area contributed by atoms with Gasteiger partial charge in [-0.2, -0.15) is 0 Å². The standard InChI is InChI=1S/C32H34O4Te/c1-5-33-23(3)35-31-19-17-27(21-29(31)25-13-9-7-10-14-25)37-28-18-20-32(36-24(4)34-6-2)30(22-28)26-15-11-8-12-16-26/h7-24H,5-6H2,1-4H3. The van der Waals surface area contributed by atoms with E-state index in [1.165, 1.54) is 7.22 Å². The minimum atomic E-state index is -0.667. The third kappa shape index (κ3) is 7.60. The first-order valence-corrected chi connectivity index (χ1v) is 15.0. The molecule has 2 unspecified atom stereocenters. The van der Waals surface area contributed by atoms with Gasteiger partial charge in [0, 0.05) is 0 Å². The third-order valence-electron chi connectivity index (χ3n) is 5.70. The van der Waals surface area contributed by atoms with Gasteiger partial charge in [-0.1, -0.05) is 0 Å². The summed E-state index contributed by atoms with van der Waals surface area (Å²) in [5.74, 6) is 1.67. The molecule has 37 heavy (non-hydrogen) atoms. The SMILES string of the molecule is CCOC(C)Oc1ccc([Te]c2ccc(OC(C)OCC)c(-c3ccccc3)c2)cc1-c1ccccc1. The average Bonchev–Trinajstić information content (AvgIpc) is 2.91. The summed E-state index contributed by atoms with van der Waals surface area (Å²) >= 11 is -0.667. The van der Waals surface area contributed by atoms with E-state index >= 15 is 0 Å². The second-order valence-corrected chi connectivity index (χ2v) is 11.7. The Balaban J connectivity index is 1.66. The van der Waals surface area contributed by atoms with Crippen molar-refractivity contribution in [3.8, 4) is 33.8 Å². The van der Waals surface area contributed by atoms with Crippen LogP contribution in [0.2, 0.25) is 0 Å². The van der Waals surface area contributed by atoms with Gasteiger partial charge in [-0.3, -0.25) is 0 Å². The maximum atomic E-state index is 6.16. The fraction of sp³-hybridized carbons (Fsp3) is 0.250. The normalized spacial score (nSPS) is 12.6. The maximum absolute atomic E-state index is 6.16. The van der Waals surface area contributed by atoms with E-state index in [1.807, 2.05) is 39.8 Å². The fourth-order valence-electron chi connectivity index (χ4n) is 4.07. The predicted molar refractivity (Wildman–Crippen MR) is 152 cm³/mol. The van der Waals surface area contributed by atoms with Crippen LogP contribution in [0.5, 0.6) is 11.5 Å². The number of hydrogen-bond acceptors (Lipinski definition) is 4. The van der Waals surface area contributed by atoms with Crippen molar-refractivity contribution in [2.45, 2.75) is 40.3 Å². The molecule has 0 aliphatic heterocycles. The molecule has 0 N–H and O–H groups in total. The first-order valence-electron chi connectivity index (χ1n) is 12.7. The molecule has 0 aromatic heterocycles. The zero-order valence-electron chi connectivity index (χ0n) is 21.8. The number of benzene rings is 4. The summed E-state index contributed by atoms with van der Waals surface area (Å²) in [5, 5.41) is 0. The van der Waals surface area contributed by atoms with Crippen LogP contribution >= 0.6 is 0 Å². The van der Waals surface area contributed by atoms with Crippen LogP contribution in [0.25, 0.3) is 22.3 Å². The van der Waals surface area contributed by atoms with Crippen LogP contribution in [0.4, 0.5) is 0 Å². The van der Waals surface area contributed by atoms with E-state index in [1.54, 1.807) is 0 Å².